The Bertz CT molecular complexity index is 481. The maximum absolute atomic E-state index is 11.9. The van der Waals surface area contributed by atoms with Crippen LogP contribution in [0.3, 0.4) is 0 Å². The lowest BCUT2D eigenvalue weighted by atomic mass is 10.1. The minimum Gasteiger partial charge on any atom is -0.399 e. The second-order valence-corrected chi connectivity index (χ2v) is 5.54. The van der Waals surface area contributed by atoms with Crippen molar-refractivity contribution >= 4 is 28.9 Å². The molecule has 1 aromatic carbocycles. The van der Waals surface area contributed by atoms with E-state index in [1.807, 2.05) is 0 Å². The number of amides is 1. The number of aliphatic hydroxyl groups excluding tert-OH is 1. The van der Waals surface area contributed by atoms with Crippen LogP contribution in [0.5, 0.6) is 0 Å². The van der Waals surface area contributed by atoms with Crippen molar-refractivity contribution < 1.29 is 9.90 Å². The highest BCUT2D eigenvalue weighted by atomic mass is 35.5. The number of likely N-dealkylation sites (tertiary alicyclic amines) is 1. The molecule has 1 aliphatic heterocycles. The standard InChI is InChI=1S/C14H20ClN3O2/c15-12-8-10(16)3-4-13(12)17-14(20)5-7-18-6-1-2-11(19)9-18/h3-4,8,11,19H,1-2,5-7,9,16H2,(H,17,20). The maximum atomic E-state index is 11.9. The van der Waals surface area contributed by atoms with Gasteiger partial charge in [0.05, 0.1) is 16.8 Å². The molecular formula is C14H20ClN3O2. The van der Waals surface area contributed by atoms with Gasteiger partial charge in [0.15, 0.2) is 0 Å². The molecule has 0 spiro atoms. The molecular weight excluding hydrogens is 278 g/mol. The van der Waals surface area contributed by atoms with Gasteiger partial charge in [-0.3, -0.25) is 4.79 Å². The van der Waals surface area contributed by atoms with Crippen molar-refractivity contribution in [2.45, 2.75) is 25.4 Å². The van der Waals surface area contributed by atoms with Crippen molar-refractivity contribution in [1.29, 1.82) is 0 Å². The normalized spacial score (nSPS) is 19.8. The number of nitrogens with zero attached hydrogens (tertiary/aromatic N) is 1. The van der Waals surface area contributed by atoms with E-state index >= 15 is 0 Å². The van der Waals surface area contributed by atoms with Crippen molar-refractivity contribution in [3.8, 4) is 0 Å². The number of β-amino-alcohol motifs (C(OH)–C–C–N with tert-alkyl or cyclic N) is 1. The Hall–Kier alpha value is -1.30. The number of nitrogen functional groups attached to an aromatic ring is 1. The van der Waals surface area contributed by atoms with Crippen LogP contribution >= 0.6 is 11.6 Å². The molecule has 110 valence electrons. The predicted molar refractivity (Wildman–Crippen MR) is 80.8 cm³/mol. The molecule has 1 fully saturated rings. The summed E-state index contributed by atoms with van der Waals surface area (Å²) in [5.41, 5.74) is 6.74. The number of nitrogens with one attached hydrogen (secondary N) is 1. The molecule has 1 atom stereocenters. The number of nitrogens with two attached hydrogens (primary N) is 1. The van der Waals surface area contributed by atoms with Gasteiger partial charge in [-0.05, 0) is 37.6 Å². The van der Waals surface area contributed by atoms with E-state index in [-0.39, 0.29) is 12.0 Å². The van der Waals surface area contributed by atoms with Gasteiger partial charge in [0.25, 0.3) is 0 Å². The molecule has 5 nitrogen and oxygen atoms in total. The quantitative estimate of drug-likeness (QED) is 0.739. The third-order valence-corrected chi connectivity index (χ3v) is 3.72. The molecule has 0 saturated carbocycles. The lowest BCUT2D eigenvalue weighted by Gasteiger charge is -2.29. The summed E-state index contributed by atoms with van der Waals surface area (Å²) in [7, 11) is 0. The van der Waals surface area contributed by atoms with E-state index in [0.29, 0.717) is 35.9 Å². The Morgan fingerprint density at radius 2 is 2.35 bits per heavy atom. The average Bonchev–Trinajstić information content (AvgIpc) is 2.40. The summed E-state index contributed by atoms with van der Waals surface area (Å²) >= 11 is 6.00. The van der Waals surface area contributed by atoms with E-state index in [9.17, 15) is 9.90 Å². The summed E-state index contributed by atoms with van der Waals surface area (Å²) in [4.78, 5) is 14.0. The molecule has 1 unspecified atom stereocenters. The number of anilines is 2. The zero-order valence-corrected chi connectivity index (χ0v) is 12.1. The molecule has 1 heterocycles. The van der Waals surface area contributed by atoms with Gasteiger partial charge < -0.3 is 21.1 Å². The van der Waals surface area contributed by atoms with E-state index in [0.717, 1.165) is 19.4 Å². The fourth-order valence-corrected chi connectivity index (χ4v) is 2.58. The van der Waals surface area contributed by atoms with Crippen LogP contribution in [0.15, 0.2) is 18.2 Å². The van der Waals surface area contributed by atoms with E-state index in [4.69, 9.17) is 17.3 Å². The summed E-state index contributed by atoms with van der Waals surface area (Å²) < 4.78 is 0. The number of aliphatic hydroxyl groups is 1. The SMILES string of the molecule is Nc1ccc(NC(=O)CCN2CCCC(O)C2)c(Cl)c1. The zero-order chi connectivity index (χ0) is 14.5. The van der Waals surface area contributed by atoms with Gasteiger partial charge in [0.1, 0.15) is 0 Å². The monoisotopic (exact) mass is 297 g/mol. The van der Waals surface area contributed by atoms with Gasteiger partial charge in [-0.1, -0.05) is 11.6 Å². The number of benzene rings is 1. The lowest BCUT2D eigenvalue weighted by molar-refractivity contribution is -0.116. The Morgan fingerprint density at radius 1 is 1.55 bits per heavy atom. The predicted octanol–water partition coefficient (Wildman–Crippen LogP) is 1.71. The van der Waals surface area contributed by atoms with Crippen LogP contribution in [-0.2, 0) is 4.79 Å². The summed E-state index contributed by atoms with van der Waals surface area (Å²) in [6.45, 7) is 2.23. The Kier molecular flexibility index (Phi) is 5.23. The van der Waals surface area contributed by atoms with Crippen LogP contribution in [0, 0.1) is 0 Å². The van der Waals surface area contributed by atoms with Gasteiger partial charge in [0, 0.05) is 25.2 Å². The minimum atomic E-state index is -0.265. The van der Waals surface area contributed by atoms with Gasteiger partial charge in [0.2, 0.25) is 5.91 Å². The summed E-state index contributed by atoms with van der Waals surface area (Å²) in [5.74, 6) is -0.0864. The number of carbonyl (C=O) groups excluding carboxylic acids is 1. The van der Waals surface area contributed by atoms with E-state index in [2.05, 4.69) is 10.2 Å². The molecule has 1 aromatic rings. The minimum absolute atomic E-state index is 0.0864. The fraction of sp³-hybridized carbons (Fsp3) is 0.500. The molecule has 1 amide bonds. The molecule has 0 aliphatic carbocycles. The summed E-state index contributed by atoms with van der Waals surface area (Å²) in [5, 5.41) is 12.8. The Balaban J connectivity index is 1.80. The highest BCUT2D eigenvalue weighted by Crippen LogP contribution is 2.24. The number of hydrogen-bond acceptors (Lipinski definition) is 4. The van der Waals surface area contributed by atoms with Gasteiger partial charge in [-0.15, -0.1) is 0 Å². The Morgan fingerprint density at radius 3 is 3.05 bits per heavy atom. The molecule has 0 radical (unpaired) electrons. The van der Waals surface area contributed by atoms with Crippen molar-refractivity contribution in [3.05, 3.63) is 23.2 Å². The second-order valence-electron chi connectivity index (χ2n) is 5.13. The number of piperidine rings is 1. The topological polar surface area (TPSA) is 78.6 Å². The zero-order valence-electron chi connectivity index (χ0n) is 11.3. The van der Waals surface area contributed by atoms with Crippen molar-refractivity contribution in [1.82, 2.24) is 4.90 Å². The van der Waals surface area contributed by atoms with Gasteiger partial charge >= 0.3 is 0 Å². The smallest absolute Gasteiger partial charge is 0.225 e. The van der Waals surface area contributed by atoms with Crippen LogP contribution in [0.1, 0.15) is 19.3 Å². The third kappa shape index (κ3) is 4.37. The highest BCUT2D eigenvalue weighted by Gasteiger charge is 2.18. The number of hydrogen-bond donors (Lipinski definition) is 3. The first-order valence-electron chi connectivity index (χ1n) is 6.80. The van der Waals surface area contributed by atoms with Crippen LogP contribution in [0.2, 0.25) is 5.02 Å². The average molecular weight is 298 g/mol. The van der Waals surface area contributed by atoms with Crippen LogP contribution in [0.25, 0.3) is 0 Å². The summed E-state index contributed by atoms with van der Waals surface area (Å²) in [6.07, 6.45) is 1.95. The van der Waals surface area contributed by atoms with Crippen LogP contribution < -0.4 is 11.1 Å². The Labute approximate surface area is 123 Å². The second kappa shape index (κ2) is 6.92. The van der Waals surface area contributed by atoms with Crippen molar-refractivity contribution in [3.63, 3.8) is 0 Å². The molecule has 2 rings (SSSR count). The molecule has 1 aliphatic rings. The molecule has 6 heteroatoms. The molecule has 20 heavy (non-hydrogen) atoms. The van der Waals surface area contributed by atoms with Crippen molar-refractivity contribution in [2.24, 2.45) is 0 Å². The first-order chi connectivity index (χ1) is 9.54. The number of halogens is 1. The highest BCUT2D eigenvalue weighted by molar-refractivity contribution is 6.34. The van der Waals surface area contributed by atoms with Crippen LogP contribution in [-0.4, -0.2) is 41.7 Å². The lowest BCUT2D eigenvalue weighted by Crippen LogP contribution is -2.39. The first kappa shape index (κ1) is 15.1. The maximum Gasteiger partial charge on any atom is 0.225 e. The van der Waals surface area contributed by atoms with Gasteiger partial charge in [-0.2, -0.15) is 0 Å². The van der Waals surface area contributed by atoms with Crippen molar-refractivity contribution in [2.75, 3.05) is 30.7 Å². The molecule has 4 N–H and O–H groups in total. The largest absolute Gasteiger partial charge is 0.399 e. The molecule has 0 aromatic heterocycles. The molecule has 0 bridgehead atoms. The summed E-state index contributed by atoms with van der Waals surface area (Å²) in [6, 6.07) is 5.00. The number of carbonyl (C=O) groups is 1. The van der Waals surface area contributed by atoms with Gasteiger partial charge in [-0.25, -0.2) is 0 Å². The van der Waals surface area contributed by atoms with E-state index in [1.54, 1.807) is 18.2 Å². The molecule has 1 saturated heterocycles. The fourth-order valence-electron chi connectivity index (χ4n) is 2.34. The van der Waals surface area contributed by atoms with E-state index < -0.39 is 0 Å². The van der Waals surface area contributed by atoms with Crippen LogP contribution in [0.4, 0.5) is 11.4 Å². The first-order valence-corrected chi connectivity index (χ1v) is 7.17. The van der Waals surface area contributed by atoms with E-state index in [1.165, 1.54) is 0 Å². The number of rotatable bonds is 4. The third-order valence-electron chi connectivity index (χ3n) is 3.40.